The summed E-state index contributed by atoms with van der Waals surface area (Å²) in [7, 11) is 0. The van der Waals surface area contributed by atoms with E-state index in [4.69, 9.17) is 0 Å². The summed E-state index contributed by atoms with van der Waals surface area (Å²) >= 11 is 0. The van der Waals surface area contributed by atoms with Crippen LogP contribution in [0.15, 0.2) is 170 Å². The van der Waals surface area contributed by atoms with Crippen molar-refractivity contribution in [3.05, 3.63) is 192 Å². The highest BCUT2D eigenvalue weighted by Crippen LogP contribution is 2.61. The molecule has 0 heteroatoms. The van der Waals surface area contributed by atoms with Crippen LogP contribution in [0.2, 0.25) is 0 Å². The van der Waals surface area contributed by atoms with Crippen LogP contribution in [0.1, 0.15) is 49.9 Å². The summed E-state index contributed by atoms with van der Waals surface area (Å²) in [4.78, 5) is 0. The molecule has 0 saturated heterocycles. The first-order valence-corrected chi connectivity index (χ1v) is 20.0. The van der Waals surface area contributed by atoms with Crippen LogP contribution in [0.25, 0.3) is 98.4 Å². The summed E-state index contributed by atoms with van der Waals surface area (Å²) in [6, 6.07) is 64.1. The summed E-state index contributed by atoms with van der Waals surface area (Å²) < 4.78 is 0. The number of hydrogen-bond donors (Lipinski definition) is 0. The van der Waals surface area contributed by atoms with E-state index in [1.807, 2.05) is 0 Å². The van der Waals surface area contributed by atoms with Crippen LogP contribution in [-0.2, 0) is 10.8 Å². The summed E-state index contributed by atoms with van der Waals surface area (Å²) in [6.45, 7) is 9.87. The molecule has 0 aromatic heterocycles. The molecule has 56 heavy (non-hydrogen) atoms. The van der Waals surface area contributed by atoms with Gasteiger partial charge in [0.25, 0.3) is 0 Å². The first kappa shape index (κ1) is 31.8. The Kier molecular flexibility index (Phi) is 6.28. The molecular weight excluding hydrogens is 673 g/mol. The summed E-state index contributed by atoms with van der Waals surface area (Å²) in [5.41, 5.74) is 16.1. The minimum absolute atomic E-state index is 0.189. The van der Waals surface area contributed by atoms with Gasteiger partial charge in [-0.2, -0.15) is 0 Å². The Morgan fingerprint density at radius 2 is 0.714 bits per heavy atom. The van der Waals surface area contributed by atoms with Gasteiger partial charge in [-0.25, -0.2) is 0 Å². The number of rotatable bonds is 2. The molecule has 2 aliphatic carbocycles. The van der Waals surface area contributed by atoms with Crippen molar-refractivity contribution < 1.29 is 0 Å². The molecule has 0 unspecified atom stereocenters. The van der Waals surface area contributed by atoms with E-state index in [2.05, 4.69) is 198 Å². The van der Waals surface area contributed by atoms with Crippen molar-refractivity contribution in [1.82, 2.24) is 0 Å². The highest BCUT2D eigenvalue weighted by Gasteiger charge is 2.46. The Balaban J connectivity index is 1.07. The molecule has 0 radical (unpaired) electrons. The second kappa shape index (κ2) is 11.1. The maximum absolute atomic E-state index is 2.55. The van der Waals surface area contributed by atoms with Crippen LogP contribution in [0.5, 0.6) is 0 Å². The molecule has 10 aromatic carbocycles. The fraction of sp³-hybridized carbons (Fsp3) is 0.107. The fourth-order valence-electron chi connectivity index (χ4n) is 11.0. The maximum Gasteiger partial charge on any atom is 0.0162 e. The summed E-state index contributed by atoms with van der Waals surface area (Å²) in [5, 5.41) is 13.0. The van der Waals surface area contributed by atoms with Gasteiger partial charge in [-0.1, -0.05) is 173 Å². The van der Waals surface area contributed by atoms with E-state index in [1.54, 1.807) is 0 Å². The Hall–Kier alpha value is -6.50. The third-order valence-electron chi connectivity index (χ3n) is 13.6. The predicted molar refractivity (Wildman–Crippen MR) is 240 cm³/mol. The number of hydrogen-bond acceptors (Lipinski definition) is 0. The van der Waals surface area contributed by atoms with E-state index in [-0.39, 0.29) is 10.8 Å². The molecule has 0 saturated carbocycles. The average molecular weight is 713 g/mol. The lowest BCUT2D eigenvalue weighted by atomic mass is 9.72. The van der Waals surface area contributed by atoms with Gasteiger partial charge in [-0.15, -0.1) is 0 Å². The molecule has 0 fully saturated rings. The molecule has 0 atom stereocenters. The molecule has 0 heterocycles. The first-order valence-electron chi connectivity index (χ1n) is 20.0. The molecule has 0 bridgehead atoms. The van der Waals surface area contributed by atoms with Crippen LogP contribution in [0.3, 0.4) is 0 Å². The quantitative estimate of drug-likeness (QED) is 0.157. The molecule has 0 aliphatic heterocycles. The van der Waals surface area contributed by atoms with Crippen molar-refractivity contribution in [3.8, 4) is 44.5 Å². The molecular formula is C56H40. The van der Waals surface area contributed by atoms with Gasteiger partial charge in [0.15, 0.2) is 0 Å². The van der Waals surface area contributed by atoms with Crippen LogP contribution < -0.4 is 0 Å². The van der Waals surface area contributed by atoms with Crippen LogP contribution in [0.4, 0.5) is 0 Å². The van der Waals surface area contributed by atoms with Gasteiger partial charge in [-0.05, 0) is 145 Å². The predicted octanol–water partition coefficient (Wildman–Crippen LogP) is 15.4. The minimum atomic E-state index is -0.210. The van der Waals surface area contributed by atoms with E-state index in [9.17, 15) is 0 Å². The second-order valence-corrected chi connectivity index (χ2v) is 17.2. The lowest BCUT2D eigenvalue weighted by molar-refractivity contribution is 0.601. The van der Waals surface area contributed by atoms with Gasteiger partial charge in [0.1, 0.15) is 0 Å². The Morgan fingerprint density at radius 1 is 0.286 bits per heavy atom. The molecule has 0 N–H and O–H groups in total. The highest BCUT2D eigenvalue weighted by atomic mass is 14.5. The van der Waals surface area contributed by atoms with Crippen molar-refractivity contribution in [2.45, 2.75) is 38.5 Å². The highest BCUT2D eigenvalue weighted by molar-refractivity contribution is 6.19. The standard InChI is InChI=1S/C56H40/c1-55(2)50-31-35(47-29-33-15-5-7-17-36(33)38-19-9-11-21-40(38)47)25-26-43(50)45-27-28-46-52-44-24-14-13-23-42(44)49(32-51(52)56(3,4)54(46)53(45)55)48-30-34-16-6-8-18-37(34)39-20-10-12-22-41(39)48/h5-32H,1-4H3. The van der Waals surface area contributed by atoms with Gasteiger partial charge in [-0.3, -0.25) is 0 Å². The second-order valence-electron chi connectivity index (χ2n) is 17.2. The van der Waals surface area contributed by atoms with Crippen LogP contribution in [0, 0.1) is 0 Å². The van der Waals surface area contributed by atoms with Gasteiger partial charge >= 0.3 is 0 Å². The Bertz CT molecular complexity index is 3350. The first-order chi connectivity index (χ1) is 27.3. The maximum atomic E-state index is 2.55. The molecule has 10 aromatic rings. The van der Waals surface area contributed by atoms with Crippen LogP contribution >= 0.6 is 0 Å². The average Bonchev–Trinajstić information content (AvgIpc) is 3.61. The van der Waals surface area contributed by atoms with Crippen molar-refractivity contribution in [1.29, 1.82) is 0 Å². The van der Waals surface area contributed by atoms with E-state index in [0.29, 0.717) is 0 Å². The molecule has 264 valence electrons. The summed E-state index contributed by atoms with van der Waals surface area (Å²) in [5.74, 6) is 0. The zero-order chi connectivity index (χ0) is 37.5. The van der Waals surface area contributed by atoms with Gasteiger partial charge in [0, 0.05) is 10.8 Å². The van der Waals surface area contributed by atoms with Gasteiger partial charge in [0.05, 0.1) is 0 Å². The largest absolute Gasteiger partial charge is 0.0616 e. The number of benzene rings is 10. The zero-order valence-corrected chi connectivity index (χ0v) is 32.2. The Labute approximate surface area is 327 Å². The van der Waals surface area contributed by atoms with E-state index in [1.165, 1.54) is 121 Å². The van der Waals surface area contributed by atoms with E-state index < -0.39 is 0 Å². The topological polar surface area (TPSA) is 0 Å². The van der Waals surface area contributed by atoms with Crippen molar-refractivity contribution in [3.63, 3.8) is 0 Å². The van der Waals surface area contributed by atoms with Crippen molar-refractivity contribution in [2.75, 3.05) is 0 Å². The fourth-order valence-corrected chi connectivity index (χ4v) is 11.0. The number of fused-ring (bicyclic) bond motifs is 15. The third kappa shape index (κ3) is 4.09. The molecule has 0 amide bonds. The SMILES string of the molecule is CC1(C)c2cc(-c3cc4ccccc4c4ccccc34)ccc2-c2ccc3c(c21)C(C)(C)c1cc(-c2cc4ccccc4c4ccccc24)c2ccccc2c1-3. The third-order valence-corrected chi connectivity index (χ3v) is 13.6. The van der Waals surface area contributed by atoms with Crippen LogP contribution in [-0.4, -0.2) is 0 Å². The zero-order valence-electron chi connectivity index (χ0n) is 32.2. The summed E-state index contributed by atoms with van der Waals surface area (Å²) in [6.07, 6.45) is 0. The van der Waals surface area contributed by atoms with Crippen molar-refractivity contribution in [2.24, 2.45) is 0 Å². The lowest BCUT2D eigenvalue weighted by Crippen LogP contribution is -2.24. The normalized spacial score (nSPS) is 14.7. The minimum Gasteiger partial charge on any atom is -0.0616 e. The lowest BCUT2D eigenvalue weighted by Gasteiger charge is -2.31. The van der Waals surface area contributed by atoms with Gasteiger partial charge < -0.3 is 0 Å². The molecule has 12 rings (SSSR count). The van der Waals surface area contributed by atoms with Gasteiger partial charge in [0.2, 0.25) is 0 Å². The molecule has 2 aliphatic rings. The van der Waals surface area contributed by atoms with E-state index >= 15 is 0 Å². The molecule has 0 spiro atoms. The Morgan fingerprint density at radius 3 is 1.36 bits per heavy atom. The molecule has 0 nitrogen and oxygen atoms in total. The van der Waals surface area contributed by atoms with E-state index in [0.717, 1.165) is 0 Å². The van der Waals surface area contributed by atoms with Crippen molar-refractivity contribution >= 4 is 53.9 Å². The monoisotopic (exact) mass is 712 g/mol. The smallest absolute Gasteiger partial charge is 0.0162 e.